The smallest absolute Gasteiger partial charge is 0.277 e. The summed E-state index contributed by atoms with van der Waals surface area (Å²) in [5.74, 6) is 0.719. The molecule has 0 heterocycles. The van der Waals surface area contributed by atoms with Crippen molar-refractivity contribution in [1.82, 2.24) is 5.43 Å². The minimum Gasteiger partial charge on any atom is -0.493 e. The average molecular weight is 313 g/mol. The van der Waals surface area contributed by atoms with E-state index >= 15 is 0 Å². The lowest BCUT2D eigenvalue weighted by molar-refractivity contribution is -0.123. The van der Waals surface area contributed by atoms with Gasteiger partial charge >= 0.3 is 0 Å². The molecule has 23 heavy (non-hydrogen) atoms. The van der Waals surface area contributed by atoms with E-state index in [1.165, 1.54) is 0 Å². The van der Waals surface area contributed by atoms with Gasteiger partial charge in [0, 0.05) is 5.69 Å². The Hall–Kier alpha value is -3.02. The van der Waals surface area contributed by atoms with Gasteiger partial charge < -0.3 is 15.2 Å². The van der Waals surface area contributed by atoms with Crippen molar-refractivity contribution < 1.29 is 14.3 Å². The van der Waals surface area contributed by atoms with Crippen LogP contribution in [0.5, 0.6) is 11.5 Å². The molecule has 6 nitrogen and oxygen atoms in total. The molecule has 1 amide bonds. The number of amides is 1. The quantitative estimate of drug-likeness (QED) is 0.486. The number of hydrogen-bond acceptors (Lipinski definition) is 5. The highest BCUT2D eigenvalue weighted by Gasteiger charge is 2.06. The van der Waals surface area contributed by atoms with Crippen molar-refractivity contribution in [2.24, 2.45) is 5.10 Å². The molecule has 0 aromatic heterocycles. The molecule has 0 aliphatic heterocycles. The number of nitrogens with zero attached hydrogens (tertiary/aromatic N) is 1. The van der Waals surface area contributed by atoms with Crippen LogP contribution >= 0.6 is 0 Å². The van der Waals surface area contributed by atoms with Crippen LogP contribution in [0.4, 0.5) is 5.69 Å². The number of anilines is 1. The van der Waals surface area contributed by atoms with Gasteiger partial charge in [0.15, 0.2) is 18.1 Å². The molecule has 120 valence electrons. The lowest BCUT2D eigenvalue weighted by Gasteiger charge is -2.09. The predicted octanol–water partition coefficient (Wildman–Crippen LogP) is 2.20. The Morgan fingerprint density at radius 3 is 2.43 bits per heavy atom. The van der Waals surface area contributed by atoms with Gasteiger partial charge in [0.1, 0.15) is 0 Å². The minimum atomic E-state index is -0.356. The van der Waals surface area contributed by atoms with Gasteiger partial charge in [-0.1, -0.05) is 24.3 Å². The van der Waals surface area contributed by atoms with Crippen molar-refractivity contribution in [2.45, 2.75) is 6.92 Å². The molecule has 0 unspecified atom stereocenters. The van der Waals surface area contributed by atoms with E-state index in [0.29, 0.717) is 22.9 Å². The lowest BCUT2D eigenvalue weighted by atomic mass is 10.1. The standard InChI is InChI=1S/C17H19N3O3/c1-12(13-7-9-14(18)10-8-13)19-20-17(21)11-23-16-6-4-3-5-15(16)22-2/h3-10H,11,18H2,1-2H3,(H,20,21)/b19-12+. The molecule has 0 aliphatic rings. The first-order valence-corrected chi connectivity index (χ1v) is 7.05. The second kappa shape index (κ2) is 7.84. The first-order chi connectivity index (χ1) is 11.1. The van der Waals surface area contributed by atoms with E-state index in [2.05, 4.69) is 10.5 Å². The molecule has 0 spiro atoms. The summed E-state index contributed by atoms with van der Waals surface area (Å²) in [6.07, 6.45) is 0. The van der Waals surface area contributed by atoms with Crippen LogP contribution in [0.25, 0.3) is 0 Å². The van der Waals surface area contributed by atoms with E-state index in [-0.39, 0.29) is 12.5 Å². The minimum absolute atomic E-state index is 0.154. The highest BCUT2D eigenvalue weighted by atomic mass is 16.5. The van der Waals surface area contributed by atoms with Crippen molar-refractivity contribution in [3.63, 3.8) is 0 Å². The molecular weight excluding hydrogens is 294 g/mol. The van der Waals surface area contributed by atoms with E-state index in [1.807, 2.05) is 18.2 Å². The molecule has 0 atom stereocenters. The number of hydrazone groups is 1. The van der Waals surface area contributed by atoms with E-state index in [1.54, 1.807) is 44.4 Å². The Morgan fingerprint density at radius 2 is 1.78 bits per heavy atom. The van der Waals surface area contributed by atoms with Gasteiger partial charge in [-0.15, -0.1) is 0 Å². The Labute approximate surface area is 134 Å². The number of methoxy groups -OCH3 is 1. The predicted molar refractivity (Wildman–Crippen MR) is 89.7 cm³/mol. The van der Waals surface area contributed by atoms with Crippen molar-refractivity contribution in [1.29, 1.82) is 0 Å². The van der Waals surface area contributed by atoms with Gasteiger partial charge in [-0.3, -0.25) is 4.79 Å². The van der Waals surface area contributed by atoms with Gasteiger partial charge in [-0.05, 0) is 36.8 Å². The highest BCUT2D eigenvalue weighted by molar-refractivity contribution is 5.99. The van der Waals surface area contributed by atoms with Crippen molar-refractivity contribution in [3.05, 3.63) is 54.1 Å². The van der Waals surface area contributed by atoms with E-state index in [4.69, 9.17) is 15.2 Å². The fraction of sp³-hybridized carbons (Fsp3) is 0.176. The van der Waals surface area contributed by atoms with E-state index in [9.17, 15) is 4.79 Å². The van der Waals surface area contributed by atoms with Gasteiger partial charge in [0.25, 0.3) is 5.91 Å². The maximum absolute atomic E-state index is 11.8. The number of rotatable bonds is 6. The van der Waals surface area contributed by atoms with Crippen LogP contribution in [0, 0.1) is 0 Å². The number of carbonyl (C=O) groups excluding carboxylic acids is 1. The van der Waals surface area contributed by atoms with Gasteiger partial charge in [-0.2, -0.15) is 5.10 Å². The van der Waals surface area contributed by atoms with Crippen LogP contribution in [0.1, 0.15) is 12.5 Å². The molecule has 0 radical (unpaired) electrons. The van der Waals surface area contributed by atoms with Gasteiger partial charge in [-0.25, -0.2) is 5.43 Å². The second-order valence-corrected chi connectivity index (χ2v) is 4.79. The van der Waals surface area contributed by atoms with Crippen LogP contribution in [0.2, 0.25) is 0 Å². The second-order valence-electron chi connectivity index (χ2n) is 4.79. The maximum atomic E-state index is 11.8. The molecule has 0 aliphatic carbocycles. The van der Waals surface area contributed by atoms with Crippen molar-refractivity contribution in [2.75, 3.05) is 19.5 Å². The topological polar surface area (TPSA) is 85.9 Å². The SMILES string of the molecule is COc1ccccc1OCC(=O)N/N=C(\C)c1ccc(N)cc1. The number of carbonyl (C=O) groups is 1. The normalized spacial score (nSPS) is 11.0. The first-order valence-electron chi connectivity index (χ1n) is 7.05. The zero-order valence-electron chi connectivity index (χ0n) is 13.1. The molecule has 2 rings (SSSR count). The summed E-state index contributed by atoms with van der Waals surface area (Å²) in [4.78, 5) is 11.8. The number of nitrogens with one attached hydrogen (secondary N) is 1. The zero-order chi connectivity index (χ0) is 16.7. The average Bonchev–Trinajstić information content (AvgIpc) is 2.58. The third kappa shape index (κ3) is 4.74. The van der Waals surface area contributed by atoms with E-state index in [0.717, 1.165) is 5.56 Å². The fourth-order valence-corrected chi connectivity index (χ4v) is 1.85. The molecule has 2 aromatic rings. The summed E-state index contributed by atoms with van der Waals surface area (Å²) < 4.78 is 10.6. The molecule has 0 fully saturated rings. The zero-order valence-corrected chi connectivity index (χ0v) is 13.1. The summed E-state index contributed by atoms with van der Waals surface area (Å²) in [5, 5.41) is 4.04. The van der Waals surface area contributed by atoms with Gasteiger partial charge in [0.05, 0.1) is 12.8 Å². The lowest BCUT2D eigenvalue weighted by Crippen LogP contribution is -2.25. The maximum Gasteiger partial charge on any atom is 0.277 e. The number of hydrogen-bond donors (Lipinski definition) is 2. The highest BCUT2D eigenvalue weighted by Crippen LogP contribution is 2.25. The van der Waals surface area contributed by atoms with Gasteiger partial charge in [0.2, 0.25) is 0 Å². The third-order valence-corrected chi connectivity index (χ3v) is 3.10. The summed E-state index contributed by atoms with van der Waals surface area (Å²) in [5.41, 5.74) is 10.3. The number of benzene rings is 2. The molecule has 0 saturated heterocycles. The third-order valence-electron chi connectivity index (χ3n) is 3.10. The van der Waals surface area contributed by atoms with Crippen LogP contribution in [-0.2, 0) is 4.79 Å². The van der Waals surface area contributed by atoms with Crippen molar-refractivity contribution in [3.8, 4) is 11.5 Å². The number of nitrogens with two attached hydrogens (primary N) is 1. The Bertz CT molecular complexity index is 696. The Kier molecular flexibility index (Phi) is 5.57. The van der Waals surface area contributed by atoms with Crippen LogP contribution < -0.4 is 20.6 Å². The number of nitrogen functional groups attached to an aromatic ring is 1. The van der Waals surface area contributed by atoms with Crippen LogP contribution in [0.3, 0.4) is 0 Å². The first kappa shape index (κ1) is 16.4. The molecular formula is C17H19N3O3. The number of ether oxygens (including phenoxy) is 2. The molecule has 0 bridgehead atoms. The van der Waals surface area contributed by atoms with Crippen LogP contribution in [0.15, 0.2) is 53.6 Å². The Morgan fingerprint density at radius 1 is 1.13 bits per heavy atom. The molecule has 0 saturated carbocycles. The number of para-hydroxylation sites is 2. The summed E-state index contributed by atoms with van der Waals surface area (Å²) in [6, 6.07) is 14.4. The molecule has 3 N–H and O–H groups in total. The summed E-state index contributed by atoms with van der Waals surface area (Å²) >= 11 is 0. The fourth-order valence-electron chi connectivity index (χ4n) is 1.85. The largest absolute Gasteiger partial charge is 0.493 e. The monoisotopic (exact) mass is 313 g/mol. The van der Waals surface area contributed by atoms with Crippen LogP contribution in [-0.4, -0.2) is 25.3 Å². The summed E-state index contributed by atoms with van der Waals surface area (Å²) in [6.45, 7) is 1.64. The Balaban J connectivity index is 1.89. The van der Waals surface area contributed by atoms with E-state index < -0.39 is 0 Å². The summed E-state index contributed by atoms with van der Waals surface area (Å²) in [7, 11) is 1.54. The molecule has 2 aromatic carbocycles. The molecule has 6 heteroatoms. The van der Waals surface area contributed by atoms with Crippen molar-refractivity contribution >= 4 is 17.3 Å².